The summed E-state index contributed by atoms with van der Waals surface area (Å²) in [6.45, 7) is 0.492. The Kier molecular flexibility index (Phi) is 4.24. The molecule has 6 rings (SSSR count). The van der Waals surface area contributed by atoms with Crippen LogP contribution in [0.1, 0.15) is 28.4 Å². The van der Waals surface area contributed by atoms with Crippen molar-refractivity contribution in [2.75, 3.05) is 7.11 Å². The molecule has 0 fully saturated rings. The van der Waals surface area contributed by atoms with E-state index in [0.29, 0.717) is 17.9 Å². The second kappa shape index (κ2) is 7.28. The SMILES string of the molecule is COc1ccc2nc3c(c(-c4ccccc4)c2c1)C1=NC(=O)C(c2ccc(C#N)cc2)N1C3. The van der Waals surface area contributed by atoms with E-state index in [2.05, 4.69) is 23.2 Å². The van der Waals surface area contributed by atoms with Gasteiger partial charge in [0.05, 0.1) is 36.5 Å². The molecule has 0 N–H and O–H groups in total. The fraction of sp³-hybridized carbons (Fsp3) is 0.111. The first kappa shape index (κ1) is 19.2. The van der Waals surface area contributed by atoms with Crippen LogP contribution in [-0.4, -0.2) is 28.7 Å². The zero-order valence-corrected chi connectivity index (χ0v) is 17.8. The summed E-state index contributed by atoms with van der Waals surface area (Å²) in [5.41, 5.74) is 6.08. The van der Waals surface area contributed by atoms with Gasteiger partial charge in [-0.3, -0.25) is 9.78 Å². The molecule has 2 aliphatic rings. The summed E-state index contributed by atoms with van der Waals surface area (Å²) < 4.78 is 5.48. The van der Waals surface area contributed by atoms with Crippen molar-refractivity contribution < 1.29 is 9.53 Å². The van der Waals surface area contributed by atoms with Gasteiger partial charge in [0, 0.05) is 16.5 Å². The summed E-state index contributed by atoms with van der Waals surface area (Å²) in [6, 6.07) is 24.7. The van der Waals surface area contributed by atoms with Crippen molar-refractivity contribution in [3.63, 3.8) is 0 Å². The molecule has 0 spiro atoms. The van der Waals surface area contributed by atoms with Gasteiger partial charge in [0.2, 0.25) is 0 Å². The Labute approximate surface area is 190 Å². The number of ether oxygens (including phenoxy) is 1. The average molecular weight is 430 g/mol. The van der Waals surface area contributed by atoms with E-state index in [0.717, 1.165) is 44.6 Å². The van der Waals surface area contributed by atoms with Crippen molar-refractivity contribution in [2.45, 2.75) is 12.6 Å². The lowest BCUT2D eigenvalue weighted by molar-refractivity contribution is -0.120. The molecule has 3 aromatic carbocycles. The van der Waals surface area contributed by atoms with E-state index in [1.807, 2.05) is 53.4 Å². The molecule has 0 radical (unpaired) electrons. The van der Waals surface area contributed by atoms with Gasteiger partial charge in [-0.15, -0.1) is 0 Å². The highest BCUT2D eigenvalue weighted by molar-refractivity contribution is 6.20. The van der Waals surface area contributed by atoms with Gasteiger partial charge in [-0.1, -0.05) is 42.5 Å². The van der Waals surface area contributed by atoms with Crippen LogP contribution in [0.25, 0.3) is 22.0 Å². The molecule has 0 saturated carbocycles. The number of pyridine rings is 1. The van der Waals surface area contributed by atoms with Crippen molar-refractivity contribution in [2.24, 2.45) is 4.99 Å². The standard InChI is InChI=1S/C27H18N4O2/c1-33-19-11-12-21-20(13-19)23(17-5-3-2-4-6-17)24-22(29-21)15-31-25(27(32)30-26(24)31)18-9-7-16(14-28)8-10-18/h2-13,25H,15H2,1H3. The van der Waals surface area contributed by atoms with Crippen LogP contribution in [0.15, 0.2) is 77.8 Å². The van der Waals surface area contributed by atoms with E-state index in [4.69, 9.17) is 15.0 Å². The smallest absolute Gasteiger partial charge is 0.275 e. The van der Waals surface area contributed by atoms with Crippen LogP contribution in [0.3, 0.4) is 0 Å². The maximum Gasteiger partial charge on any atom is 0.275 e. The Morgan fingerprint density at radius 2 is 1.82 bits per heavy atom. The van der Waals surface area contributed by atoms with Gasteiger partial charge in [0.15, 0.2) is 0 Å². The van der Waals surface area contributed by atoms with Crippen molar-refractivity contribution >= 4 is 22.6 Å². The first-order valence-corrected chi connectivity index (χ1v) is 10.6. The molecule has 6 heteroatoms. The molecule has 1 unspecified atom stereocenters. The molecule has 2 aliphatic heterocycles. The largest absolute Gasteiger partial charge is 0.497 e. The summed E-state index contributed by atoms with van der Waals surface area (Å²) in [6.07, 6.45) is 0. The summed E-state index contributed by atoms with van der Waals surface area (Å²) in [4.78, 5) is 24.5. The molecule has 0 aliphatic carbocycles. The maximum absolute atomic E-state index is 13.0. The Balaban J connectivity index is 1.56. The Hall–Kier alpha value is -4.50. The minimum atomic E-state index is -0.525. The number of aromatic nitrogens is 1. The minimum absolute atomic E-state index is 0.204. The van der Waals surface area contributed by atoms with E-state index in [-0.39, 0.29) is 5.91 Å². The molecule has 6 nitrogen and oxygen atoms in total. The van der Waals surface area contributed by atoms with Crippen LogP contribution in [0.2, 0.25) is 0 Å². The predicted molar refractivity (Wildman–Crippen MR) is 125 cm³/mol. The Morgan fingerprint density at radius 3 is 2.55 bits per heavy atom. The number of carbonyl (C=O) groups is 1. The van der Waals surface area contributed by atoms with Gasteiger partial charge in [-0.05, 0) is 41.5 Å². The summed E-state index contributed by atoms with van der Waals surface area (Å²) >= 11 is 0. The van der Waals surface area contributed by atoms with E-state index in [9.17, 15) is 4.79 Å². The fourth-order valence-corrected chi connectivity index (χ4v) is 4.75. The minimum Gasteiger partial charge on any atom is -0.497 e. The third-order valence-electron chi connectivity index (χ3n) is 6.26. The first-order chi connectivity index (χ1) is 16.2. The quantitative estimate of drug-likeness (QED) is 0.474. The number of nitriles is 1. The number of carbonyl (C=O) groups excluding carboxylic acids is 1. The molecular weight excluding hydrogens is 412 g/mol. The van der Waals surface area contributed by atoms with Crippen LogP contribution in [-0.2, 0) is 11.3 Å². The number of amidine groups is 1. The van der Waals surface area contributed by atoms with E-state index >= 15 is 0 Å². The van der Waals surface area contributed by atoms with Crippen LogP contribution in [0.5, 0.6) is 5.75 Å². The first-order valence-electron chi connectivity index (χ1n) is 10.6. The van der Waals surface area contributed by atoms with Crippen molar-refractivity contribution in [3.05, 3.63) is 95.2 Å². The molecule has 33 heavy (non-hydrogen) atoms. The zero-order chi connectivity index (χ0) is 22.5. The number of methoxy groups -OCH3 is 1. The number of hydrogen-bond donors (Lipinski definition) is 0. The molecule has 4 aromatic rings. The van der Waals surface area contributed by atoms with Crippen LogP contribution in [0.4, 0.5) is 0 Å². The second-order valence-electron chi connectivity index (χ2n) is 8.10. The normalized spacial score (nSPS) is 16.4. The summed E-state index contributed by atoms with van der Waals surface area (Å²) in [5, 5.41) is 10.1. The summed E-state index contributed by atoms with van der Waals surface area (Å²) in [7, 11) is 1.65. The number of fused-ring (bicyclic) bond motifs is 4. The van der Waals surface area contributed by atoms with Gasteiger partial charge in [0.25, 0.3) is 5.91 Å². The van der Waals surface area contributed by atoms with Gasteiger partial charge in [0.1, 0.15) is 17.6 Å². The van der Waals surface area contributed by atoms with Gasteiger partial charge in [-0.2, -0.15) is 10.3 Å². The van der Waals surface area contributed by atoms with Gasteiger partial charge >= 0.3 is 0 Å². The molecular formula is C27H18N4O2. The van der Waals surface area contributed by atoms with Crippen LogP contribution >= 0.6 is 0 Å². The lowest BCUT2D eigenvalue weighted by Crippen LogP contribution is -2.27. The lowest BCUT2D eigenvalue weighted by Gasteiger charge is -2.21. The van der Waals surface area contributed by atoms with E-state index < -0.39 is 6.04 Å². The molecule has 1 atom stereocenters. The number of hydrogen-bond acceptors (Lipinski definition) is 5. The van der Waals surface area contributed by atoms with Crippen LogP contribution in [0, 0.1) is 11.3 Å². The predicted octanol–water partition coefficient (Wildman–Crippen LogP) is 4.63. The van der Waals surface area contributed by atoms with Crippen LogP contribution < -0.4 is 4.74 Å². The third-order valence-corrected chi connectivity index (χ3v) is 6.26. The van der Waals surface area contributed by atoms with Crippen molar-refractivity contribution in [1.82, 2.24) is 9.88 Å². The third kappa shape index (κ3) is 2.90. The van der Waals surface area contributed by atoms with Gasteiger partial charge in [-0.25, -0.2) is 0 Å². The lowest BCUT2D eigenvalue weighted by atomic mass is 9.94. The number of aliphatic imine (C=N–C) groups is 1. The molecule has 1 aromatic heterocycles. The van der Waals surface area contributed by atoms with Gasteiger partial charge < -0.3 is 9.64 Å². The molecule has 158 valence electrons. The zero-order valence-electron chi connectivity index (χ0n) is 17.8. The highest BCUT2D eigenvalue weighted by atomic mass is 16.5. The molecule has 3 heterocycles. The highest BCUT2D eigenvalue weighted by Gasteiger charge is 2.43. The fourth-order valence-electron chi connectivity index (χ4n) is 4.75. The van der Waals surface area contributed by atoms with Crippen molar-refractivity contribution in [1.29, 1.82) is 5.26 Å². The van der Waals surface area contributed by atoms with E-state index in [1.54, 1.807) is 19.2 Å². The second-order valence-corrected chi connectivity index (χ2v) is 8.10. The number of rotatable bonds is 3. The molecule has 0 saturated heterocycles. The summed E-state index contributed by atoms with van der Waals surface area (Å²) in [5.74, 6) is 1.20. The average Bonchev–Trinajstić information content (AvgIpc) is 3.36. The monoisotopic (exact) mass is 430 g/mol. The Bertz CT molecular complexity index is 1500. The number of amides is 1. The topological polar surface area (TPSA) is 78.6 Å². The molecule has 1 amide bonds. The Morgan fingerprint density at radius 1 is 1.03 bits per heavy atom. The maximum atomic E-state index is 13.0. The number of nitrogens with zero attached hydrogens (tertiary/aromatic N) is 4. The molecule has 0 bridgehead atoms. The van der Waals surface area contributed by atoms with E-state index in [1.165, 1.54) is 0 Å². The number of benzene rings is 3. The van der Waals surface area contributed by atoms with Crippen molar-refractivity contribution in [3.8, 4) is 22.9 Å². The highest BCUT2D eigenvalue weighted by Crippen LogP contribution is 2.43.